The number of phenolic OH excluding ortho intramolecular Hbond substituents is 1. The molecule has 0 unspecified atom stereocenters. The minimum Gasteiger partial charge on any atom is -0.508 e. The van der Waals surface area contributed by atoms with Crippen LogP contribution in [-0.4, -0.2) is 11.1 Å². The Labute approximate surface area is 152 Å². The van der Waals surface area contributed by atoms with Crippen LogP contribution in [0.5, 0.6) is 5.75 Å². The number of ether oxygens (including phenoxy) is 1. The quantitative estimate of drug-likeness (QED) is 0.537. The van der Waals surface area contributed by atoms with Crippen LogP contribution in [-0.2, 0) is 11.3 Å². The Morgan fingerprint density at radius 2 is 2.00 bits per heavy atom. The van der Waals surface area contributed by atoms with Gasteiger partial charge in [-0.15, -0.1) is 0 Å². The minimum atomic E-state index is -0.663. The number of phenols is 1. The third-order valence-corrected chi connectivity index (χ3v) is 4.57. The van der Waals surface area contributed by atoms with Crippen molar-refractivity contribution in [2.45, 2.75) is 13.5 Å². The predicted molar refractivity (Wildman–Crippen MR) is 94.5 cm³/mol. The third kappa shape index (κ3) is 3.34. The van der Waals surface area contributed by atoms with Crippen LogP contribution in [0.3, 0.4) is 0 Å². The van der Waals surface area contributed by atoms with Crippen molar-refractivity contribution in [1.29, 1.82) is 0 Å². The summed E-state index contributed by atoms with van der Waals surface area (Å²) < 4.78 is 10.4. The number of halogens is 2. The number of aromatic hydroxyl groups is 1. The molecule has 0 radical (unpaired) electrons. The van der Waals surface area contributed by atoms with E-state index >= 15 is 0 Å². The average molecular weight is 379 g/mol. The largest absolute Gasteiger partial charge is 0.508 e. The topological polar surface area (TPSA) is 76.7 Å². The summed E-state index contributed by atoms with van der Waals surface area (Å²) in [5.41, 5.74) is 0.671. The molecule has 1 heterocycles. The van der Waals surface area contributed by atoms with Gasteiger partial charge < -0.3 is 14.3 Å². The molecule has 0 aliphatic rings. The molecule has 0 bridgehead atoms. The van der Waals surface area contributed by atoms with Crippen molar-refractivity contribution in [2.75, 3.05) is 0 Å². The Morgan fingerprint density at radius 1 is 1.24 bits per heavy atom. The summed E-state index contributed by atoms with van der Waals surface area (Å²) in [6.45, 7) is 1.47. The maximum atomic E-state index is 12.2. The van der Waals surface area contributed by atoms with Gasteiger partial charge in [0.05, 0.1) is 15.6 Å². The van der Waals surface area contributed by atoms with Gasteiger partial charge in [0.15, 0.2) is 0 Å². The van der Waals surface area contributed by atoms with E-state index < -0.39 is 11.6 Å². The molecule has 7 heteroatoms. The Hall–Kier alpha value is -2.50. The van der Waals surface area contributed by atoms with Gasteiger partial charge in [0, 0.05) is 22.6 Å². The summed E-state index contributed by atoms with van der Waals surface area (Å²) >= 11 is 11.9. The summed E-state index contributed by atoms with van der Waals surface area (Å²) in [6.07, 6.45) is 0. The molecule has 1 aromatic heterocycles. The number of hydrogen-bond donors (Lipinski definition) is 1. The number of carbonyl (C=O) groups is 1. The fourth-order valence-corrected chi connectivity index (χ4v) is 2.80. The van der Waals surface area contributed by atoms with E-state index in [1.807, 2.05) is 0 Å². The van der Waals surface area contributed by atoms with Crippen LogP contribution >= 0.6 is 23.2 Å². The SMILES string of the molecule is Cc1c(O)ccc2c(COC(=O)c3cccc(Cl)c3Cl)cc(=O)oc12. The molecule has 0 saturated carbocycles. The average Bonchev–Trinajstić information content (AvgIpc) is 2.58. The van der Waals surface area contributed by atoms with E-state index in [2.05, 4.69) is 0 Å². The molecule has 3 aromatic rings. The molecule has 3 rings (SSSR count). The smallest absolute Gasteiger partial charge is 0.340 e. The summed E-state index contributed by atoms with van der Waals surface area (Å²) in [6, 6.07) is 8.96. The van der Waals surface area contributed by atoms with Crippen LogP contribution in [0.4, 0.5) is 0 Å². The van der Waals surface area contributed by atoms with E-state index in [4.69, 9.17) is 32.4 Å². The molecule has 1 N–H and O–H groups in total. The number of benzene rings is 2. The number of esters is 1. The lowest BCUT2D eigenvalue weighted by atomic mass is 10.1. The van der Waals surface area contributed by atoms with Crippen LogP contribution in [0.15, 0.2) is 45.6 Å². The number of hydrogen-bond acceptors (Lipinski definition) is 5. The highest BCUT2D eigenvalue weighted by Gasteiger charge is 2.16. The molecule has 2 aromatic carbocycles. The van der Waals surface area contributed by atoms with Crippen LogP contribution in [0.1, 0.15) is 21.5 Å². The van der Waals surface area contributed by atoms with Crippen molar-refractivity contribution >= 4 is 40.1 Å². The van der Waals surface area contributed by atoms with Gasteiger partial charge in [0.25, 0.3) is 0 Å². The Bertz CT molecular complexity index is 1040. The second-order valence-corrected chi connectivity index (χ2v) is 6.14. The molecule has 0 saturated heterocycles. The van der Waals surface area contributed by atoms with Crippen molar-refractivity contribution in [3.8, 4) is 5.75 Å². The molecule has 0 aliphatic carbocycles. The molecule has 128 valence electrons. The van der Waals surface area contributed by atoms with E-state index in [-0.39, 0.29) is 33.5 Å². The fourth-order valence-electron chi connectivity index (χ4n) is 2.42. The van der Waals surface area contributed by atoms with Gasteiger partial charge in [0.1, 0.15) is 17.9 Å². The number of aryl methyl sites for hydroxylation is 1. The zero-order valence-electron chi connectivity index (χ0n) is 13.0. The standard InChI is InChI=1S/C18H12Cl2O5/c1-9-14(21)6-5-11-10(7-15(22)25-17(9)11)8-24-18(23)12-3-2-4-13(19)16(12)20/h2-7,21H,8H2,1H3. The summed E-state index contributed by atoms with van der Waals surface area (Å²) in [7, 11) is 0. The first-order valence-corrected chi connectivity index (χ1v) is 8.00. The van der Waals surface area contributed by atoms with Gasteiger partial charge >= 0.3 is 11.6 Å². The highest BCUT2D eigenvalue weighted by atomic mass is 35.5. The van der Waals surface area contributed by atoms with Crippen molar-refractivity contribution in [3.63, 3.8) is 0 Å². The first kappa shape index (κ1) is 17.3. The van der Waals surface area contributed by atoms with Crippen molar-refractivity contribution in [1.82, 2.24) is 0 Å². The number of fused-ring (bicyclic) bond motifs is 1. The Balaban J connectivity index is 1.94. The van der Waals surface area contributed by atoms with Crippen LogP contribution in [0, 0.1) is 6.92 Å². The van der Waals surface area contributed by atoms with Crippen LogP contribution in [0.2, 0.25) is 10.0 Å². The van der Waals surface area contributed by atoms with Gasteiger partial charge in [-0.2, -0.15) is 0 Å². The molecule has 0 amide bonds. The lowest BCUT2D eigenvalue weighted by Crippen LogP contribution is -2.09. The third-order valence-electron chi connectivity index (χ3n) is 3.75. The molecule has 25 heavy (non-hydrogen) atoms. The van der Waals surface area contributed by atoms with E-state index in [1.165, 1.54) is 18.2 Å². The summed E-state index contributed by atoms with van der Waals surface area (Å²) in [5, 5.41) is 10.7. The highest BCUT2D eigenvalue weighted by Crippen LogP contribution is 2.29. The monoisotopic (exact) mass is 378 g/mol. The first-order valence-electron chi connectivity index (χ1n) is 7.25. The van der Waals surface area contributed by atoms with E-state index in [0.717, 1.165) is 0 Å². The van der Waals surface area contributed by atoms with Crippen molar-refractivity contribution < 1.29 is 19.1 Å². The van der Waals surface area contributed by atoms with Crippen LogP contribution < -0.4 is 5.63 Å². The van der Waals surface area contributed by atoms with Crippen LogP contribution in [0.25, 0.3) is 11.0 Å². The molecule has 5 nitrogen and oxygen atoms in total. The fraction of sp³-hybridized carbons (Fsp3) is 0.111. The van der Waals surface area contributed by atoms with Gasteiger partial charge in [-0.3, -0.25) is 0 Å². The number of carbonyl (C=O) groups excluding carboxylic acids is 1. The van der Waals surface area contributed by atoms with Gasteiger partial charge in [0.2, 0.25) is 0 Å². The molecular formula is C18H12Cl2O5. The zero-order chi connectivity index (χ0) is 18.1. The van der Waals surface area contributed by atoms with Gasteiger partial charge in [-0.25, -0.2) is 9.59 Å². The highest BCUT2D eigenvalue weighted by molar-refractivity contribution is 6.43. The summed E-state index contributed by atoms with van der Waals surface area (Å²) in [4.78, 5) is 24.0. The molecule has 0 fully saturated rings. The Morgan fingerprint density at radius 3 is 2.76 bits per heavy atom. The molecule has 0 spiro atoms. The normalized spacial score (nSPS) is 10.8. The molecular weight excluding hydrogens is 367 g/mol. The maximum absolute atomic E-state index is 12.2. The minimum absolute atomic E-state index is 0.00973. The maximum Gasteiger partial charge on any atom is 0.340 e. The summed E-state index contributed by atoms with van der Waals surface area (Å²) in [5.74, 6) is -0.653. The lowest BCUT2D eigenvalue weighted by Gasteiger charge is -2.10. The Kier molecular flexibility index (Phi) is 4.70. The second-order valence-electron chi connectivity index (χ2n) is 5.35. The lowest BCUT2D eigenvalue weighted by molar-refractivity contribution is 0.0474. The van der Waals surface area contributed by atoms with E-state index in [0.29, 0.717) is 16.5 Å². The second kappa shape index (κ2) is 6.78. The predicted octanol–water partition coefficient (Wildman–Crippen LogP) is 4.47. The zero-order valence-corrected chi connectivity index (χ0v) is 14.5. The van der Waals surface area contributed by atoms with E-state index in [9.17, 15) is 14.7 Å². The molecule has 0 atom stereocenters. The number of rotatable bonds is 3. The van der Waals surface area contributed by atoms with Gasteiger partial charge in [-0.1, -0.05) is 29.3 Å². The first-order chi connectivity index (χ1) is 11.9. The van der Waals surface area contributed by atoms with Crippen molar-refractivity contribution in [3.05, 3.63) is 73.6 Å². The van der Waals surface area contributed by atoms with E-state index in [1.54, 1.807) is 25.1 Å². The van der Waals surface area contributed by atoms with Crippen molar-refractivity contribution in [2.24, 2.45) is 0 Å². The van der Waals surface area contributed by atoms with Gasteiger partial charge in [-0.05, 0) is 31.2 Å². The molecule has 0 aliphatic heterocycles.